The number of nitrogens with two attached hydrogens (primary N) is 1. The maximum Gasteiger partial charge on any atom is 0.223 e. The molecule has 5 nitrogen and oxygen atoms in total. The van der Waals surface area contributed by atoms with Crippen LogP contribution in [0.25, 0.3) is 0 Å². The average Bonchev–Trinajstić information content (AvgIpc) is 2.37. The summed E-state index contributed by atoms with van der Waals surface area (Å²) in [5, 5.41) is 5.67. The van der Waals surface area contributed by atoms with Crippen molar-refractivity contribution < 1.29 is 9.59 Å². The van der Waals surface area contributed by atoms with Gasteiger partial charge in [-0.05, 0) is 39.2 Å². The molecule has 0 aromatic rings. The van der Waals surface area contributed by atoms with E-state index in [0.717, 1.165) is 19.3 Å². The van der Waals surface area contributed by atoms with Crippen LogP contribution in [0.4, 0.5) is 0 Å². The standard InChI is InChI=1S/C14H27N3O2/c1-10(2)17-13(18)7-8-16-14(19)12-6-4-3-5-11(12)9-15/h10-12H,3-9,15H2,1-2H3,(H,16,19)(H,17,18). The Morgan fingerprint density at radius 1 is 1.26 bits per heavy atom. The zero-order valence-electron chi connectivity index (χ0n) is 12.1. The van der Waals surface area contributed by atoms with Crippen molar-refractivity contribution in [3.63, 3.8) is 0 Å². The smallest absolute Gasteiger partial charge is 0.223 e. The molecule has 2 unspecified atom stereocenters. The summed E-state index contributed by atoms with van der Waals surface area (Å²) < 4.78 is 0. The van der Waals surface area contributed by atoms with Crippen LogP contribution in [-0.4, -0.2) is 30.9 Å². The molecule has 0 aliphatic heterocycles. The zero-order valence-corrected chi connectivity index (χ0v) is 12.1. The zero-order chi connectivity index (χ0) is 14.3. The van der Waals surface area contributed by atoms with Gasteiger partial charge < -0.3 is 16.4 Å². The number of nitrogens with one attached hydrogen (secondary N) is 2. The van der Waals surface area contributed by atoms with Gasteiger partial charge in [-0.15, -0.1) is 0 Å². The van der Waals surface area contributed by atoms with Gasteiger partial charge in [0.1, 0.15) is 0 Å². The number of hydrogen-bond acceptors (Lipinski definition) is 3. The molecule has 1 aliphatic rings. The molecule has 19 heavy (non-hydrogen) atoms. The molecule has 2 atom stereocenters. The largest absolute Gasteiger partial charge is 0.355 e. The van der Waals surface area contributed by atoms with Crippen molar-refractivity contribution in [2.45, 2.75) is 52.0 Å². The second kappa shape index (κ2) is 8.15. The first-order chi connectivity index (χ1) is 9.04. The van der Waals surface area contributed by atoms with E-state index in [9.17, 15) is 9.59 Å². The second-order valence-electron chi connectivity index (χ2n) is 5.65. The molecular formula is C14H27N3O2. The minimum atomic E-state index is -0.0191. The Labute approximate surface area is 115 Å². The van der Waals surface area contributed by atoms with Gasteiger partial charge in [-0.2, -0.15) is 0 Å². The molecule has 0 aromatic heterocycles. The Hall–Kier alpha value is -1.10. The molecule has 4 N–H and O–H groups in total. The van der Waals surface area contributed by atoms with Gasteiger partial charge in [-0.25, -0.2) is 0 Å². The van der Waals surface area contributed by atoms with Crippen LogP contribution in [0, 0.1) is 11.8 Å². The summed E-state index contributed by atoms with van der Waals surface area (Å²) in [6, 6.07) is 0.142. The molecule has 0 spiro atoms. The maximum atomic E-state index is 12.1. The third kappa shape index (κ3) is 5.59. The second-order valence-corrected chi connectivity index (χ2v) is 5.65. The Kier molecular flexibility index (Phi) is 6.84. The number of carbonyl (C=O) groups is 2. The molecule has 1 fully saturated rings. The lowest BCUT2D eigenvalue weighted by molar-refractivity contribution is -0.127. The van der Waals surface area contributed by atoms with Crippen molar-refractivity contribution in [2.75, 3.05) is 13.1 Å². The average molecular weight is 269 g/mol. The van der Waals surface area contributed by atoms with Crippen molar-refractivity contribution in [2.24, 2.45) is 17.6 Å². The highest BCUT2D eigenvalue weighted by atomic mass is 16.2. The van der Waals surface area contributed by atoms with Gasteiger partial charge in [0.25, 0.3) is 0 Å². The Morgan fingerprint density at radius 2 is 1.95 bits per heavy atom. The van der Waals surface area contributed by atoms with Crippen LogP contribution in [-0.2, 0) is 9.59 Å². The van der Waals surface area contributed by atoms with Gasteiger partial charge >= 0.3 is 0 Å². The van der Waals surface area contributed by atoms with Crippen LogP contribution in [0.5, 0.6) is 0 Å². The van der Waals surface area contributed by atoms with Crippen molar-refractivity contribution in [1.82, 2.24) is 10.6 Å². The van der Waals surface area contributed by atoms with E-state index in [0.29, 0.717) is 25.4 Å². The first kappa shape index (κ1) is 16.0. The first-order valence-electron chi connectivity index (χ1n) is 7.31. The van der Waals surface area contributed by atoms with Crippen LogP contribution < -0.4 is 16.4 Å². The van der Waals surface area contributed by atoms with E-state index in [1.807, 2.05) is 13.8 Å². The molecule has 0 aromatic carbocycles. The molecular weight excluding hydrogens is 242 g/mol. The molecule has 1 aliphatic carbocycles. The Morgan fingerprint density at radius 3 is 2.58 bits per heavy atom. The van der Waals surface area contributed by atoms with E-state index < -0.39 is 0 Å². The van der Waals surface area contributed by atoms with Crippen molar-refractivity contribution in [1.29, 1.82) is 0 Å². The highest BCUT2D eigenvalue weighted by Gasteiger charge is 2.29. The topological polar surface area (TPSA) is 84.2 Å². The molecule has 1 rings (SSSR count). The summed E-state index contributed by atoms with van der Waals surface area (Å²) in [7, 11) is 0. The summed E-state index contributed by atoms with van der Waals surface area (Å²) in [5.74, 6) is 0.381. The fourth-order valence-electron chi connectivity index (χ4n) is 2.66. The predicted molar refractivity (Wildman–Crippen MR) is 75.4 cm³/mol. The van der Waals surface area contributed by atoms with Crippen LogP contribution in [0.15, 0.2) is 0 Å². The lowest BCUT2D eigenvalue weighted by Gasteiger charge is -2.29. The summed E-state index contributed by atoms with van der Waals surface area (Å²) >= 11 is 0. The summed E-state index contributed by atoms with van der Waals surface area (Å²) in [4.78, 5) is 23.5. The van der Waals surface area contributed by atoms with E-state index in [4.69, 9.17) is 5.73 Å². The minimum Gasteiger partial charge on any atom is -0.355 e. The lowest BCUT2D eigenvalue weighted by atomic mass is 9.79. The quantitative estimate of drug-likeness (QED) is 0.666. The maximum absolute atomic E-state index is 12.1. The first-order valence-corrected chi connectivity index (χ1v) is 7.31. The summed E-state index contributed by atoms with van der Waals surface area (Å²) in [6.07, 6.45) is 4.57. The van der Waals surface area contributed by atoms with Gasteiger partial charge in [0.2, 0.25) is 11.8 Å². The SMILES string of the molecule is CC(C)NC(=O)CCNC(=O)C1CCCCC1CN. The molecule has 0 heterocycles. The van der Waals surface area contributed by atoms with E-state index in [2.05, 4.69) is 10.6 Å². The van der Waals surface area contributed by atoms with Crippen LogP contribution >= 0.6 is 0 Å². The summed E-state index contributed by atoms with van der Waals surface area (Å²) in [6.45, 7) is 4.83. The normalized spacial score (nSPS) is 23.2. The number of rotatable bonds is 6. The molecule has 0 bridgehead atoms. The molecule has 0 radical (unpaired) electrons. The minimum absolute atomic E-state index is 0.0191. The fourth-order valence-corrected chi connectivity index (χ4v) is 2.66. The molecule has 1 saturated carbocycles. The van der Waals surface area contributed by atoms with Gasteiger partial charge in [-0.1, -0.05) is 12.8 Å². The van der Waals surface area contributed by atoms with E-state index >= 15 is 0 Å². The number of amides is 2. The van der Waals surface area contributed by atoms with Crippen molar-refractivity contribution in [3.8, 4) is 0 Å². The van der Waals surface area contributed by atoms with Crippen LogP contribution in [0.1, 0.15) is 46.0 Å². The number of carbonyl (C=O) groups excluding carboxylic acids is 2. The highest BCUT2D eigenvalue weighted by molar-refractivity contribution is 5.80. The van der Waals surface area contributed by atoms with Gasteiger partial charge in [0, 0.05) is 24.9 Å². The predicted octanol–water partition coefficient (Wildman–Crippen LogP) is 0.782. The van der Waals surface area contributed by atoms with Crippen molar-refractivity contribution in [3.05, 3.63) is 0 Å². The monoisotopic (exact) mass is 269 g/mol. The molecule has 2 amide bonds. The molecule has 5 heteroatoms. The van der Waals surface area contributed by atoms with E-state index in [1.54, 1.807) is 0 Å². The summed E-state index contributed by atoms with van der Waals surface area (Å²) in [5.41, 5.74) is 5.72. The van der Waals surface area contributed by atoms with Crippen LogP contribution in [0.2, 0.25) is 0 Å². The molecule has 0 saturated heterocycles. The van der Waals surface area contributed by atoms with E-state index in [-0.39, 0.29) is 23.8 Å². The number of hydrogen-bond donors (Lipinski definition) is 3. The Bertz CT molecular complexity index is 305. The highest BCUT2D eigenvalue weighted by Crippen LogP contribution is 2.29. The molecule has 110 valence electrons. The Balaban J connectivity index is 2.28. The van der Waals surface area contributed by atoms with Gasteiger partial charge in [-0.3, -0.25) is 9.59 Å². The van der Waals surface area contributed by atoms with E-state index in [1.165, 1.54) is 6.42 Å². The third-order valence-corrected chi connectivity index (χ3v) is 3.65. The third-order valence-electron chi connectivity index (χ3n) is 3.65. The lowest BCUT2D eigenvalue weighted by Crippen LogP contribution is -2.41. The van der Waals surface area contributed by atoms with Crippen LogP contribution in [0.3, 0.4) is 0 Å². The van der Waals surface area contributed by atoms with Gasteiger partial charge in [0.05, 0.1) is 0 Å². The van der Waals surface area contributed by atoms with Gasteiger partial charge in [0.15, 0.2) is 0 Å². The fraction of sp³-hybridized carbons (Fsp3) is 0.857. The van der Waals surface area contributed by atoms with Crippen molar-refractivity contribution >= 4 is 11.8 Å².